The van der Waals surface area contributed by atoms with Gasteiger partial charge >= 0.3 is 6.18 Å². The Morgan fingerprint density at radius 1 is 1.11 bits per heavy atom. The molecule has 0 unspecified atom stereocenters. The number of benzene rings is 2. The molecule has 1 aromatic heterocycles. The molecule has 0 saturated heterocycles. The van der Waals surface area contributed by atoms with E-state index in [-0.39, 0.29) is 19.2 Å². The molecule has 0 spiro atoms. The molecular weight excluding hydrogens is 495 g/mol. The van der Waals surface area contributed by atoms with Crippen LogP contribution in [-0.4, -0.2) is 42.8 Å². The van der Waals surface area contributed by atoms with Gasteiger partial charge in [-0.2, -0.15) is 13.2 Å². The molecule has 0 atom stereocenters. The van der Waals surface area contributed by atoms with E-state index in [0.29, 0.717) is 60.4 Å². The second kappa shape index (κ2) is 11.7. The minimum atomic E-state index is -4.42. The van der Waals surface area contributed by atoms with Gasteiger partial charge in [-0.1, -0.05) is 24.3 Å². The monoisotopic (exact) mass is 521 g/mol. The fourth-order valence-corrected chi connectivity index (χ4v) is 4.57. The van der Waals surface area contributed by atoms with E-state index in [2.05, 4.69) is 10.3 Å². The van der Waals surface area contributed by atoms with Crippen molar-refractivity contribution in [1.82, 2.24) is 15.2 Å². The summed E-state index contributed by atoms with van der Waals surface area (Å²) in [4.78, 5) is 18.8. The number of rotatable bonds is 11. The topological polar surface area (TPSA) is 72.9 Å². The van der Waals surface area contributed by atoms with Gasteiger partial charge in [0.15, 0.2) is 11.5 Å². The Morgan fingerprint density at radius 3 is 2.67 bits per heavy atom. The van der Waals surface area contributed by atoms with E-state index in [9.17, 15) is 18.0 Å². The number of aromatic nitrogens is 1. The van der Waals surface area contributed by atoms with Crippen LogP contribution in [0.1, 0.15) is 38.6 Å². The van der Waals surface area contributed by atoms with E-state index in [1.807, 2.05) is 23.1 Å². The van der Waals surface area contributed by atoms with Crippen molar-refractivity contribution in [2.24, 2.45) is 0 Å². The van der Waals surface area contributed by atoms with E-state index in [4.69, 9.17) is 14.2 Å². The summed E-state index contributed by atoms with van der Waals surface area (Å²) in [6, 6.07) is 10.9. The second-order valence-electron chi connectivity index (χ2n) is 8.26. The van der Waals surface area contributed by atoms with Crippen LogP contribution in [0.5, 0.6) is 11.5 Å². The van der Waals surface area contributed by atoms with Gasteiger partial charge in [-0.15, -0.1) is 11.3 Å². The highest BCUT2D eigenvalue weighted by Gasteiger charge is 2.30. The number of nitrogens with zero attached hydrogens (tertiary/aromatic N) is 2. The number of carbonyl (C=O) groups is 1. The maximum atomic E-state index is 13.2. The van der Waals surface area contributed by atoms with E-state index in [1.54, 1.807) is 18.6 Å². The Morgan fingerprint density at radius 2 is 1.89 bits per heavy atom. The number of hydrogen-bond acceptors (Lipinski definition) is 7. The zero-order valence-electron chi connectivity index (χ0n) is 19.6. The summed E-state index contributed by atoms with van der Waals surface area (Å²) in [5.74, 6) is 1.02. The molecule has 1 amide bonds. The molecule has 2 heterocycles. The quantitative estimate of drug-likeness (QED) is 0.364. The van der Waals surface area contributed by atoms with E-state index in [1.165, 1.54) is 17.4 Å². The van der Waals surface area contributed by atoms with E-state index in [0.717, 1.165) is 17.7 Å². The molecule has 3 aromatic rings. The lowest BCUT2D eigenvalue weighted by atomic mass is 10.1. The van der Waals surface area contributed by atoms with Gasteiger partial charge in [0.2, 0.25) is 6.79 Å². The van der Waals surface area contributed by atoms with Crippen LogP contribution >= 0.6 is 11.3 Å². The third-order valence-corrected chi connectivity index (χ3v) is 6.29. The average molecular weight is 522 g/mol. The summed E-state index contributed by atoms with van der Waals surface area (Å²) in [5, 5.41) is 5.17. The third kappa shape index (κ3) is 6.96. The number of amides is 1. The number of methoxy groups -OCH3 is 1. The van der Waals surface area contributed by atoms with Gasteiger partial charge in [0.25, 0.3) is 5.91 Å². The molecule has 2 aromatic carbocycles. The minimum Gasteiger partial charge on any atom is -0.454 e. The van der Waals surface area contributed by atoms with Crippen molar-refractivity contribution in [3.05, 3.63) is 75.2 Å². The van der Waals surface area contributed by atoms with Crippen molar-refractivity contribution in [2.75, 3.05) is 27.1 Å². The number of nitrogens with one attached hydrogen (secondary N) is 1. The van der Waals surface area contributed by atoms with Crippen molar-refractivity contribution in [1.29, 1.82) is 0 Å². The smallest absolute Gasteiger partial charge is 0.416 e. The van der Waals surface area contributed by atoms with Crippen LogP contribution in [0.25, 0.3) is 0 Å². The van der Waals surface area contributed by atoms with Gasteiger partial charge in [0, 0.05) is 38.7 Å². The summed E-state index contributed by atoms with van der Waals surface area (Å²) in [5.41, 5.74) is 1.07. The standard InChI is InChI=1S/C25H26F3N3O4S/c1-33-9-3-8-29-24(32)20-15-36-23(30-20)14-31(12-17-4-2-5-19(10-17)25(26,27)28)13-18-6-7-21-22(11-18)35-16-34-21/h2,4-7,10-11,15H,3,8-9,12-14,16H2,1H3,(H,29,32). The number of ether oxygens (including phenoxy) is 3. The van der Waals surface area contributed by atoms with Crippen molar-refractivity contribution >= 4 is 17.2 Å². The molecule has 36 heavy (non-hydrogen) atoms. The Bertz CT molecular complexity index is 1190. The molecule has 0 bridgehead atoms. The van der Waals surface area contributed by atoms with Crippen molar-refractivity contribution < 1.29 is 32.2 Å². The first kappa shape index (κ1) is 25.9. The maximum Gasteiger partial charge on any atom is 0.416 e. The highest BCUT2D eigenvalue weighted by atomic mass is 32.1. The molecule has 0 aliphatic carbocycles. The van der Waals surface area contributed by atoms with Crippen LogP contribution in [0.15, 0.2) is 47.8 Å². The van der Waals surface area contributed by atoms with Crippen LogP contribution < -0.4 is 14.8 Å². The van der Waals surface area contributed by atoms with Crippen molar-refractivity contribution in [3.63, 3.8) is 0 Å². The first-order chi connectivity index (χ1) is 17.3. The summed E-state index contributed by atoms with van der Waals surface area (Å²) in [7, 11) is 1.60. The molecule has 11 heteroatoms. The van der Waals surface area contributed by atoms with Crippen LogP contribution in [0.2, 0.25) is 0 Å². The molecular formula is C25H26F3N3O4S. The number of halogens is 3. The van der Waals surface area contributed by atoms with Crippen LogP contribution in [0.3, 0.4) is 0 Å². The Hall–Kier alpha value is -3.15. The van der Waals surface area contributed by atoms with Crippen LogP contribution in [0, 0.1) is 0 Å². The SMILES string of the molecule is COCCCNC(=O)c1csc(CN(Cc2cccc(C(F)(F)F)c2)Cc2ccc3c(c2)OCO3)n1. The predicted octanol–water partition coefficient (Wildman–Crippen LogP) is 4.86. The molecule has 1 N–H and O–H groups in total. The van der Waals surface area contributed by atoms with Gasteiger partial charge in [-0.25, -0.2) is 4.98 Å². The summed E-state index contributed by atoms with van der Waals surface area (Å²) < 4.78 is 55.5. The number of carbonyl (C=O) groups excluding carboxylic acids is 1. The first-order valence-electron chi connectivity index (χ1n) is 11.3. The number of fused-ring (bicyclic) bond motifs is 1. The average Bonchev–Trinajstić information content (AvgIpc) is 3.51. The maximum absolute atomic E-state index is 13.2. The summed E-state index contributed by atoms with van der Waals surface area (Å²) in [6.07, 6.45) is -3.72. The van der Waals surface area contributed by atoms with Gasteiger partial charge in [0.05, 0.1) is 12.1 Å². The van der Waals surface area contributed by atoms with Gasteiger partial charge in [-0.3, -0.25) is 9.69 Å². The minimum absolute atomic E-state index is 0.155. The van der Waals surface area contributed by atoms with Crippen LogP contribution in [-0.2, 0) is 30.5 Å². The van der Waals surface area contributed by atoms with Gasteiger partial charge < -0.3 is 19.5 Å². The molecule has 1 aliphatic heterocycles. The second-order valence-corrected chi connectivity index (χ2v) is 9.20. The number of alkyl halides is 3. The fourth-order valence-electron chi connectivity index (χ4n) is 3.76. The first-order valence-corrected chi connectivity index (χ1v) is 12.2. The summed E-state index contributed by atoms with van der Waals surface area (Å²) >= 11 is 1.34. The summed E-state index contributed by atoms with van der Waals surface area (Å²) in [6.45, 7) is 2.23. The highest BCUT2D eigenvalue weighted by molar-refractivity contribution is 7.09. The highest BCUT2D eigenvalue weighted by Crippen LogP contribution is 2.33. The van der Waals surface area contributed by atoms with Gasteiger partial charge in [-0.05, 0) is 35.7 Å². The zero-order valence-corrected chi connectivity index (χ0v) is 20.5. The molecule has 192 valence electrons. The van der Waals surface area contributed by atoms with E-state index < -0.39 is 11.7 Å². The normalized spacial score (nSPS) is 12.8. The molecule has 7 nitrogen and oxygen atoms in total. The van der Waals surface area contributed by atoms with Gasteiger partial charge in [0.1, 0.15) is 10.7 Å². The lowest BCUT2D eigenvalue weighted by molar-refractivity contribution is -0.137. The van der Waals surface area contributed by atoms with Crippen LogP contribution in [0.4, 0.5) is 13.2 Å². The van der Waals surface area contributed by atoms with E-state index >= 15 is 0 Å². The predicted molar refractivity (Wildman–Crippen MR) is 128 cm³/mol. The number of thiazole rings is 1. The Kier molecular flexibility index (Phi) is 8.44. The lowest BCUT2D eigenvalue weighted by Gasteiger charge is -2.22. The lowest BCUT2D eigenvalue weighted by Crippen LogP contribution is -2.26. The third-order valence-electron chi connectivity index (χ3n) is 5.46. The van der Waals surface area contributed by atoms with Crippen molar-refractivity contribution in [2.45, 2.75) is 32.2 Å². The molecule has 0 saturated carbocycles. The molecule has 0 radical (unpaired) electrons. The molecule has 1 aliphatic rings. The largest absolute Gasteiger partial charge is 0.454 e. The zero-order chi connectivity index (χ0) is 25.5. The van der Waals surface area contributed by atoms with Crippen molar-refractivity contribution in [3.8, 4) is 11.5 Å². The fraction of sp³-hybridized carbons (Fsp3) is 0.360. The molecule has 4 rings (SSSR count). The number of hydrogen-bond donors (Lipinski definition) is 1. The Labute approximate surface area is 210 Å². The molecule has 0 fully saturated rings. The Balaban J connectivity index is 1.49.